The number of carbonyl (C=O) groups is 4. The van der Waals surface area contributed by atoms with Gasteiger partial charge in [-0.15, -0.1) is 0 Å². The Balaban J connectivity index is 0.960. The second-order valence-electron chi connectivity index (χ2n) is 22.0. The van der Waals surface area contributed by atoms with Crippen LogP contribution in [0.25, 0.3) is 0 Å². The van der Waals surface area contributed by atoms with E-state index >= 15 is 0 Å². The highest BCUT2D eigenvalue weighted by molar-refractivity contribution is 5.73. The molecule has 0 aromatic heterocycles. The fourth-order valence-electron chi connectivity index (χ4n) is 11.0. The zero-order valence-corrected chi connectivity index (χ0v) is 42.2. The Hall–Kier alpha value is -2.84. The molecule has 0 aromatic carbocycles. The molecule has 4 amide bonds. The van der Waals surface area contributed by atoms with Crippen LogP contribution in [-0.4, -0.2) is 118 Å². The second-order valence-corrected chi connectivity index (χ2v) is 22.0. The van der Waals surface area contributed by atoms with Crippen LogP contribution in [0, 0.1) is 35.0 Å². The molecule has 4 unspecified atom stereocenters. The number of nitrogens with one attached hydrogen (secondary N) is 4. The Kier molecular flexibility index (Phi) is 23.4. The zero-order chi connectivity index (χ0) is 47.3. The molecule has 14 heteroatoms. The normalized spacial score (nSPS) is 30.3. The van der Waals surface area contributed by atoms with Gasteiger partial charge in [-0.05, 0) is 171 Å². The smallest absolute Gasteiger partial charge is 0.407 e. The van der Waals surface area contributed by atoms with Crippen molar-refractivity contribution < 1.29 is 42.9 Å². The van der Waals surface area contributed by atoms with Crippen molar-refractivity contribution in [1.29, 1.82) is 0 Å². The molecule has 380 valence electrons. The molecule has 1 aliphatic heterocycles. The van der Waals surface area contributed by atoms with E-state index in [0.717, 1.165) is 128 Å². The molecule has 4 aliphatic carbocycles. The number of ether oxygens (including phenoxy) is 5. The Morgan fingerprint density at radius 1 is 0.606 bits per heavy atom. The van der Waals surface area contributed by atoms with E-state index < -0.39 is 17.6 Å². The lowest BCUT2D eigenvalue weighted by molar-refractivity contribution is -0.119. The summed E-state index contributed by atoms with van der Waals surface area (Å²) in [6, 6.07) is 1.23. The van der Waals surface area contributed by atoms with Gasteiger partial charge in [0.15, 0.2) is 0 Å². The molecule has 4 atom stereocenters. The molecule has 4 N–H and O–H groups in total. The third-order valence-corrected chi connectivity index (χ3v) is 15.8. The van der Waals surface area contributed by atoms with Crippen LogP contribution in [-0.2, 0) is 28.5 Å². The average molecular weight is 932 g/mol. The molecule has 0 aromatic rings. The van der Waals surface area contributed by atoms with Crippen LogP contribution < -0.4 is 21.3 Å². The Labute approximate surface area is 398 Å². The summed E-state index contributed by atoms with van der Waals surface area (Å²) >= 11 is 0. The first kappa shape index (κ1) is 54.1. The first-order chi connectivity index (χ1) is 31.8. The van der Waals surface area contributed by atoms with E-state index in [9.17, 15) is 19.2 Å². The van der Waals surface area contributed by atoms with Crippen molar-refractivity contribution in [2.24, 2.45) is 35.0 Å². The van der Waals surface area contributed by atoms with Crippen molar-refractivity contribution in [2.45, 2.75) is 219 Å². The molecular formula is C52H93N5O9. The fraction of sp³-hybridized carbons (Fsp3) is 0.923. The van der Waals surface area contributed by atoms with Gasteiger partial charge in [0.1, 0.15) is 19.3 Å². The van der Waals surface area contributed by atoms with E-state index in [2.05, 4.69) is 53.9 Å². The van der Waals surface area contributed by atoms with Gasteiger partial charge in [0, 0.05) is 63.4 Å². The van der Waals surface area contributed by atoms with Gasteiger partial charge in [0.25, 0.3) is 0 Å². The lowest BCUT2D eigenvalue weighted by Crippen LogP contribution is -2.44. The van der Waals surface area contributed by atoms with Gasteiger partial charge in [-0.1, -0.05) is 34.1 Å². The number of hydrogen-bond acceptors (Lipinski definition) is 10. The van der Waals surface area contributed by atoms with Gasteiger partial charge in [0.2, 0.25) is 5.91 Å². The molecule has 5 rings (SSSR count). The molecule has 14 nitrogen and oxygen atoms in total. The molecule has 66 heavy (non-hydrogen) atoms. The number of alkyl carbamates (subject to hydrolysis) is 3. The summed E-state index contributed by atoms with van der Waals surface area (Å²) in [5, 5.41) is 12.5. The van der Waals surface area contributed by atoms with Gasteiger partial charge in [-0.3, -0.25) is 9.69 Å². The molecule has 5 aliphatic rings. The maximum Gasteiger partial charge on any atom is 0.407 e. The first-order valence-corrected chi connectivity index (χ1v) is 26.8. The number of hydrogen-bond donors (Lipinski definition) is 4. The summed E-state index contributed by atoms with van der Waals surface area (Å²) in [4.78, 5) is 53.0. The Morgan fingerprint density at radius 3 is 1.44 bits per heavy atom. The summed E-state index contributed by atoms with van der Waals surface area (Å²) in [7, 11) is 0. The molecule has 1 saturated heterocycles. The third-order valence-electron chi connectivity index (χ3n) is 15.8. The molecule has 5 fully saturated rings. The maximum absolute atomic E-state index is 13.2. The van der Waals surface area contributed by atoms with Gasteiger partial charge >= 0.3 is 18.3 Å². The topological polar surface area (TPSA) is 166 Å². The SMILES string of the molecule is CCCCOCC(CN1CC1C)OC(=O)NC1CCC(CC2CCC(NC(=O)OCC(CC)(COCCC(C)C)COC(=O)NC3CCC(CC4CCC(NC(C)=O)CC4)CC3)CC2)CC1. The number of amides is 4. The summed E-state index contributed by atoms with van der Waals surface area (Å²) in [5.41, 5.74) is -0.646. The second kappa shape index (κ2) is 28.6. The summed E-state index contributed by atoms with van der Waals surface area (Å²) in [6.45, 7) is 16.4. The van der Waals surface area contributed by atoms with Crippen molar-refractivity contribution in [1.82, 2.24) is 26.2 Å². The third kappa shape index (κ3) is 20.4. The van der Waals surface area contributed by atoms with Gasteiger partial charge in [-0.25, -0.2) is 14.4 Å². The highest BCUT2D eigenvalue weighted by Gasteiger charge is 2.36. The van der Waals surface area contributed by atoms with Crippen LogP contribution in [0.3, 0.4) is 0 Å². The van der Waals surface area contributed by atoms with Crippen LogP contribution in [0.4, 0.5) is 14.4 Å². The minimum atomic E-state index is -0.646. The predicted octanol–water partition coefficient (Wildman–Crippen LogP) is 9.66. The predicted molar refractivity (Wildman–Crippen MR) is 258 cm³/mol. The van der Waals surface area contributed by atoms with E-state index in [1.807, 2.05) is 6.92 Å². The first-order valence-electron chi connectivity index (χ1n) is 26.8. The maximum atomic E-state index is 13.2. The summed E-state index contributed by atoms with van der Waals surface area (Å²) in [5.74, 6) is 3.31. The highest BCUT2D eigenvalue weighted by Crippen LogP contribution is 2.37. The van der Waals surface area contributed by atoms with Crippen molar-refractivity contribution >= 4 is 24.2 Å². The van der Waals surface area contributed by atoms with Crippen LogP contribution in [0.15, 0.2) is 0 Å². The molecule has 4 saturated carbocycles. The van der Waals surface area contributed by atoms with Gasteiger partial charge in [-0.2, -0.15) is 0 Å². The van der Waals surface area contributed by atoms with E-state index in [1.165, 1.54) is 25.7 Å². The quantitative estimate of drug-likeness (QED) is 0.0373. The van der Waals surface area contributed by atoms with E-state index in [1.54, 1.807) is 6.92 Å². The highest BCUT2D eigenvalue weighted by atomic mass is 16.6. The number of nitrogens with zero attached hydrogens (tertiary/aromatic N) is 1. The van der Waals surface area contributed by atoms with E-state index in [4.69, 9.17) is 23.7 Å². The number of unbranched alkanes of at least 4 members (excludes halogenated alkanes) is 1. The number of carbonyl (C=O) groups excluding carboxylic acids is 4. The minimum absolute atomic E-state index is 0.0711. The minimum Gasteiger partial charge on any atom is -0.449 e. The van der Waals surface area contributed by atoms with Crippen LogP contribution in [0.1, 0.15) is 183 Å². The molecule has 0 spiro atoms. The van der Waals surface area contributed by atoms with Gasteiger partial charge < -0.3 is 45.0 Å². The monoisotopic (exact) mass is 932 g/mol. The van der Waals surface area contributed by atoms with Crippen molar-refractivity contribution in [3.8, 4) is 0 Å². The molecular weight excluding hydrogens is 839 g/mol. The lowest BCUT2D eigenvalue weighted by atomic mass is 9.75. The standard InChI is InChI=1S/C52H93N5O9/c1-7-9-27-62-33-48(32-57-31-38(57)5)66-51(61)56-47-24-16-43(17-25-47)30-42-14-22-46(23-15-42)55-50(60)65-36-52(8-2,34-63-28-26-37(3)4)35-64-49(59)54-45-20-12-41(13-21-45)29-40-10-18-44(19-11-40)53-39(6)58/h37-38,40-48H,7-36H2,1-6H3,(H,53,58)(H,54,59)(H,55,60)(H,56,61). The van der Waals surface area contributed by atoms with Gasteiger partial charge in [0.05, 0.1) is 18.6 Å². The van der Waals surface area contributed by atoms with Crippen molar-refractivity contribution in [2.75, 3.05) is 52.7 Å². The van der Waals surface area contributed by atoms with E-state index in [-0.39, 0.29) is 49.4 Å². The Morgan fingerprint density at radius 2 is 1.05 bits per heavy atom. The summed E-state index contributed by atoms with van der Waals surface area (Å²) in [6.07, 6.45) is 21.6. The van der Waals surface area contributed by atoms with Crippen molar-refractivity contribution in [3.05, 3.63) is 0 Å². The largest absolute Gasteiger partial charge is 0.449 e. The molecule has 0 bridgehead atoms. The lowest BCUT2D eigenvalue weighted by Gasteiger charge is -2.35. The van der Waals surface area contributed by atoms with Crippen LogP contribution in [0.5, 0.6) is 0 Å². The number of rotatable bonds is 26. The average Bonchev–Trinajstić information content (AvgIpc) is 4.00. The molecule has 0 radical (unpaired) electrons. The molecule has 1 heterocycles. The fourth-order valence-corrected chi connectivity index (χ4v) is 11.0. The zero-order valence-electron chi connectivity index (χ0n) is 42.2. The van der Waals surface area contributed by atoms with E-state index in [0.29, 0.717) is 68.6 Å². The van der Waals surface area contributed by atoms with Crippen LogP contribution in [0.2, 0.25) is 0 Å². The van der Waals surface area contributed by atoms with Crippen molar-refractivity contribution in [3.63, 3.8) is 0 Å². The Bertz CT molecular complexity index is 1420. The summed E-state index contributed by atoms with van der Waals surface area (Å²) < 4.78 is 29.6. The van der Waals surface area contributed by atoms with Crippen LogP contribution >= 0.6 is 0 Å².